The second-order valence-electron chi connectivity index (χ2n) is 1.65. The third-order valence-electron chi connectivity index (χ3n) is 0.932. The van der Waals surface area contributed by atoms with Crippen molar-refractivity contribution in [3.8, 4) is 0 Å². The van der Waals surface area contributed by atoms with Gasteiger partial charge in [0.1, 0.15) is 0 Å². The van der Waals surface area contributed by atoms with E-state index in [1.807, 2.05) is 0 Å². The number of hydrogen-bond acceptors (Lipinski definition) is 4. The predicted molar refractivity (Wildman–Crippen MR) is 36.2 cm³/mol. The van der Waals surface area contributed by atoms with Crippen LogP contribution in [0.2, 0.25) is 0 Å². The summed E-state index contributed by atoms with van der Waals surface area (Å²) in [5, 5.41) is 11.8. The molecule has 0 saturated heterocycles. The molecule has 0 aliphatic heterocycles. The molecule has 1 aromatic heterocycles. The van der Waals surface area contributed by atoms with E-state index in [4.69, 9.17) is 5.11 Å². The quantitative estimate of drug-likeness (QED) is 0.626. The van der Waals surface area contributed by atoms with Gasteiger partial charge in [-0.05, 0) is 0 Å². The molecule has 0 radical (unpaired) electrons. The van der Waals surface area contributed by atoms with Crippen LogP contribution < -0.4 is 0 Å². The molecule has 0 aliphatic carbocycles. The Labute approximate surface area is 62.2 Å². The summed E-state index contributed by atoms with van der Waals surface area (Å²) < 4.78 is 4.42. The van der Waals surface area contributed by atoms with E-state index in [-0.39, 0.29) is 5.76 Å². The van der Waals surface area contributed by atoms with Crippen molar-refractivity contribution < 1.29 is 14.4 Å². The fraction of sp³-hybridized carbons (Fsp3) is 0.200. The summed E-state index contributed by atoms with van der Waals surface area (Å²) in [7, 11) is 0. The molecule has 0 fully saturated rings. The number of carbonyl (C=O) groups is 1. The highest BCUT2D eigenvalue weighted by molar-refractivity contribution is 7.79. The molecule has 0 aromatic carbocycles. The Hall–Kier alpha value is -0.970. The topological polar surface area (TPSA) is 63.3 Å². The van der Waals surface area contributed by atoms with Gasteiger partial charge < -0.3 is 9.63 Å². The maximum atomic E-state index is 10.2. The van der Waals surface area contributed by atoms with Crippen LogP contribution in [0.1, 0.15) is 16.2 Å². The number of aromatic nitrogens is 1. The molecule has 0 atom stereocenters. The van der Waals surface area contributed by atoms with E-state index >= 15 is 0 Å². The molecule has 1 aromatic rings. The minimum atomic E-state index is -1.11. The van der Waals surface area contributed by atoms with Gasteiger partial charge in [0.2, 0.25) is 5.76 Å². The number of thiol groups is 1. The van der Waals surface area contributed by atoms with Crippen LogP contribution in [0.3, 0.4) is 0 Å². The van der Waals surface area contributed by atoms with Gasteiger partial charge >= 0.3 is 5.97 Å². The van der Waals surface area contributed by atoms with Gasteiger partial charge in [0, 0.05) is 11.8 Å². The Bertz CT molecular complexity index is 245. The molecule has 0 aliphatic rings. The van der Waals surface area contributed by atoms with Crippen molar-refractivity contribution in [2.45, 2.75) is 5.75 Å². The van der Waals surface area contributed by atoms with Gasteiger partial charge in [0.05, 0.1) is 5.69 Å². The lowest BCUT2D eigenvalue weighted by molar-refractivity contribution is 0.0652. The molecule has 10 heavy (non-hydrogen) atoms. The highest BCUT2D eigenvalue weighted by Gasteiger charge is 2.08. The summed E-state index contributed by atoms with van der Waals surface area (Å²) in [5.41, 5.74) is 0.528. The first-order valence-corrected chi connectivity index (χ1v) is 3.17. The van der Waals surface area contributed by atoms with Crippen LogP contribution in [0.5, 0.6) is 0 Å². The number of carboxylic acids is 1. The van der Waals surface area contributed by atoms with Crippen LogP contribution in [0.15, 0.2) is 10.6 Å². The van der Waals surface area contributed by atoms with Crippen LogP contribution in [0.25, 0.3) is 0 Å². The SMILES string of the molecule is O=C(O)c1cc(CS)no1. The summed E-state index contributed by atoms with van der Waals surface area (Å²) in [5.74, 6) is -0.874. The van der Waals surface area contributed by atoms with Crippen molar-refractivity contribution in [1.29, 1.82) is 0 Å². The maximum absolute atomic E-state index is 10.2. The van der Waals surface area contributed by atoms with Crippen LogP contribution in [-0.2, 0) is 5.75 Å². The molecule has 1 N–H and O–H groups in total. The summed E-state index contributed by atoms with van der Waals surface area (Å²) in [6.07, 6.45) is 0. The van der Waals surface area contributed by atoms with Crippen molar-refractivity contribution in [2.24, 2.45) is 0 Å². The molecule has 0 spiro atoms. The summed E-state index contributed by atoms with van der Waals surface area (Å²) in [4.78, 5) is 10.2. The Morgan fingerprint density at radius 1 is 1.90 bits per heavy atom. The molecular formula is C5H5NO3S. The highest BCUT2D eigenvalue weighted by Crippen LogP contribution is 2.04. The van der Waals surface area contributed by atoms with Crippen LogP contribution in [-0.4, -0.2) is 16.2 Å². The first-order valence-electron chi connectivity index (χ1n) is 2.54. The summed E-state index contributed by atoms with van der Waals surface area (Å²) in [6.45, 7) is 0. The number of nitrogens with zero attached hydrogens (tertiary/aromatic N) is 1. The lowest BCUT2D eigenvalue weighted by Gasteiger charge is -1.77. The number of aromatic carboxylic acids is 1. The zero-order valence-corrected chi connectivity index (χ0v) is 5.84. The van der Waals surface area contributed by atoms with Crippen molar-refractivity contribution >= 4 is 18.6 Å². The minimum absolute atomic E-state index is 0.149. The van der Waals surface area contributed by atoms with E-state index in [1.165, 1.54) is 6.07 Å². The fourth-order valence-corrected chi connectivity index (χ4v) is 0.636. The lowest BCUT2D eigenvalue weighted by atomic mass is 10.4. The molecule has 54 valence electrons. The third kappa shape index (κ3) is 1.30. The van der Waals surface area contributed by atoms with Gasteiger partial charge in [0.15, 0.2) is 0 Å². The summed E-state index contributed by atoms with van der Waals surface area (Å²) in [6, 6.07) is 1.34. The van der Waals surface area contributed by atoms with Gasteiger partial charge in [-0.15, -0.1) is 0 Å². The van der Waals surface area contributed by atoms with Crippen LogP contribution in [0.4, 0.5) is 0 Å². The van der Waals surface area contributed by atoms with Crippen molar-refractivity contribution in [2.75, 3.05) is 0 Å². The van der Waals surface area contributed by atoms with E-state index in [1.54, 1.807) is 0 Å². The number of hydrogen-bond donors (Lipinski definition) is 2. The van der Waals surface area contributed by atoms with Crippen molar-refractivity contribution in [1.82, 2.24) is 5.16 Å². The molecular weight excluding hydrogens is 154 g/mol. The summed E-state index contributed by atoms with van der Waals surface area (Å²) >= 11 is 3.88. The number of carboxylic acid groups (broad SMARTS) is 1. The first kappa shape index (κ1) is 7.14. The van der Waals surface area contributed by atoms with E-state index < -0.39 is 5.97 Å². The second kappa shape index (κ2) is 2.74. The smallest absolute Gasteiger partial charge is 0.374 e. The minimum Gasteiger partial charge on any atom is -0.475 e. The Morgan fingerprint density at radius 2 is 2.60 bits per heavy atom. The third-order valence-corrected chi connectivity index (χ3v) is 1.26. The average Bonchev–Trinajstić information content (AvgIpc) is 2.34. The maximum Gasteiger partial charge on any atom is 0.374 e. The highest BCUT2D eigenvalue weighted by atomic mass is 32.1. The van der Waals surface area contributed by atoms with Gasteiger partial charge in [-0.1, -0.05) is 5.16 Å². The largest absolute Gasteiger partial charge is 0.475 e. The monoisotopic (exact) mass is 159 g/mol. The molecule has 5 heteroatoms. The van der Waals surface area contributed by atoms with E-state index in [0.717, 1.165) is 0 Å². The van der Waals surface area contributed by atoms with E-state index in [2.05, 4.69) is 22.3 Å². The van der Waals surface area contributed by atoms with E-state index in [0.29, 0.717) is 11.4 Å². The standard InChI is InChI=1S/C5H5NO3S/c7-5(8)4-1-3(2-10)6-9-4/h1,10H,2H2,(H,7,8). The van der Waals surface area contributed by atoms with E-state index in [9.17, 15) is 4.79 Å². The van der Waals surface area contributed by atoms with Gasteiger partial charge in [0.25, 0.3) is 0 Å². The normalized spacial score (nSPS) is 9.70. The van der Waals surface area contributed by atoms with Crippen molar-refractivity contribution in [3.05, 3.63) is 17.5 Å². The van der Waals surface area contributed by atoms with Gasteiger partial charge in [-0.3, -0.25) is 0 Å². The Balaban J connectivity index is 2.88. The predicted octanol–water partition coefficient (Wildman–Crippen LogP) is 0.803. The van der Waals surface area contributed by atoms with Crippen molar-refractivity contribution in [3.63, 3.8) is 0 Å². The van der Waals surface area contributed by atoms with Crippen LogP contribution >= 0.6 is 12.6 Å². The Morgan fingerprint density at radius 3 is 2.90 bits per heavy atom. The van der Waals surface area contributed by atoms with Crippen LogP contribution in [0, 0.1) is 0 Å². The second-order valence-corrected chi connectivity index (χ2v) is 1.96. The number of rotatable bonds is 2. The molecule has 0 bridgehead atoms. The Kier molecular flexibility index (Phi) is 1.96. The molecule has 0 unspecified atom stereocenters. The lowest BCUT2D eigenvalue weighted by Crippen LogP contribution is -1.91. The zero-order valence-electron chi connectivity index (χ0n) is 4.94. The fourth-order valence-electron chi connectivity index (χ4n) is 0.487. The van der Waals surface area contributed by atoms with Gasteiger partial charge in [-0.2, -0.15) is 12.6 Å². The molecule has 4 nitrogen and oxygen atoms in total. The first-order chi connectivity index (χ1) is 4.74. The molecule has 1 heterocycles. The molecule has 0 amide bonds. The van der Waals surface area contributed by atoms with Gasteiger partial charge in [-0.25, -0.2) is 4.79 Å². The molecule has 1 rings (SSSR count). The molecule has 0 saturated carbocycles. The zero-order chi connectivity index (χ0) is 7.56. The average molecular weight is 159 g/mol.